The molecule has 0 bridgehead atoms. The molecule has 0 aliphatic heterocycles. The molecule has 0 aliphatic rings. The van der Waals surface area contributed by atoms with Crippen molar-refractivity contribution in [3.63, 3.8) is 0 Å². The van der Waals surface area contributed by atoms with E-state index in [4.69, 9.17) is 0 Å². The summed E-state index contributed by atoms with van der Waals surface area (Å²) in [6.07, 6.45) is 0. The number of benzene rings is 1. The van der Waals surface area contributed by atoms with Gasteiger partial charge in [-0.15, -0.1) is 4.91 Å². The molecule has 0 aromatic heterocycles. The molecule has 0 saturated carbocycles. The molecule has 4 heteroatoms. The summed E-state index contributed by atoms with van der Waals surface area (Å²) >= 11 is 0. The van der Waals surface area contributed by atoms with Gasteiger partial charge in [-0.2, -0.15) is 0 Å². The average Bonchev–Trinajstić information content (AvgIpc) is 2.29. The molecule has 1 atom stereocenters. The number of rotatable bonds is 6. The largest absolute Gasteiger partial charge is 0.394 e. The lowest BCUT2D eigenvalue weighted by molar-refractivity contribution is 0.0860. The van der Waals surface area contributed by atoms with Gasteiger partial charge in [0.25, 0.3) is 0 Å². The predicted octanol–water partition coefficient (Wildman–Crippen LogP) is 2.19. The van der Waals surface area contributed by atoms with E-state index < -0.39 is 0 Å². The summed E-state index contributed by atoms with van der Waals surface area (Å²) in [5.74, 6) is 0.186. The van der Waals surface area contributed by atoms with Gasteiger partial charge in [0, 0.05) is 0 Å². The number of hydrogen-bond donors (Lipinski definition) is 1. The minimum absolute atomic E-state index is 0.0593. The minimum atomic E-state index is -0.224. The Labute approximate surface area is 95.8 Å². The molecule has 1 rings (SSSR count). The minimum Gasteiger partial charge on any atom is -0.394 e. The lowest BCUT2D eigenvalue weighted by Gasteiger charge is -2.27. The van der Waals surface area contributed by atoms with Gasteiger partial charge in [-0.3, -0.25) is 5.01 Å². The first kappa shape index (κ1) is 12.6. The predicted molar refractivity (Wildman–Crippen MR) is 63.5 cm³/mol. The maximum atomic E-state index is 10.8. The zero-order valence-corrected chi connectivity index (χ0v) is 9.71. The quantitative estimate of drug-likeness (QED) is 0.593. The Bertz CT molecular complexity index is 314. The number of nitroso groups, excluding NO2 is 1. The Hall–Kier alpha value is -1.42. The van der Waals surface area contributed by atoms with Crippen molar-refractivity contribution >= 4 is 0 Å². The summed E-state index contributed by atoms with van der Waals surface area (Å²) in [4.78, 5) is 10.8. The van der Waals surface area contributed by atoms with Gasteiger partial charge in [0.2, 0.25) is 0 Å². The van der Waals surface area contributed by atoms with Crippen LogP contribution in [-0.2, 0) is 6.54 Å². The third-order valence-corrected chi connectivity index (χ3v) is 2.63. The van der Waals surface area contributed by atoms with E-state index in [1.54, 1.807) is 0 Å². The summed E-state index contributed by atoms with van der Waals surface area (Å²) in [5.41, 5.74) is 1.02. The lowest BCUT2D eigenvalue weighted by Crippen LogP contribution is -2.37. The van der Waals surface area contributed by atoms with E-state index in [-0.39, 0.29) is 18.6 Å². The van der Waals surface area contributed by atoms with Crippen molar-refractivity contribution in [1.82, 2.24) is 5.01 Å². The average molecular weight is 222 g/mol. The first-order chi connectivity index (χ1) is 7.69. The monoisotopic (exact) mass is 222 g/mol. The highest BCUT2D eigenvalue weighted by Gasteiger charge is 2.20. The summed E-state index contributed by atoms with van der Waals surface area (Å²) in [6, 6.07) is 9.41. The summed E-state index contributed by atoms with van der Waals surface area (Å²) in [6.45, 7) is 4.30. The summed E-state index contributed by atoms with van der Waals surface area (Å²) in [5, 5.41) is 13.6. The standard InChI is InChI=1S/C12H18N2O2/c1-10(2)12(9-15)14(13-16)8-11-6-4-3-5-7-11/h3-7,10,12,15H,8-9H2,1-2H3/t12-/m1/s1. The van der Waals surface area contributed by atoms with E-state index >= 15 is 0 Å². The highest BCUT2D eigenvalue weighted by Crippen LogP contribution is 2.14. The highest BCUT2D eigenvalue weighted by molar-refractivity contribution is 5.14. The molecule has 0 unspecified atom stereocenters. The fourth-order valence-electron chi connectivity index (χ4n) is 1.63. The molecule has 0 heterocycles. The molecular weight excluding hydrogens is 204 g/mol. The van der Waals surface area contributed by atoms with E-state index in [1.807, 2.05) is 44.2 Å². The van der Waals surface area contributed by atoms with Crippen LogP contribution in [0.15, 0.2) is 35.6 Å². The Kier molecular flexibility index (Phi) is 4.92. The van der Waals surface area contributed by atoms with E-state index in [0.29, 0.717) is 6.54 Å². The van der Waals surface area contributed by atoms with Crippen LogP contribution in [0.2, 0.25) is 0 Å². The van der Waals surface area contributed by atoms with E-state index in [2.05, 4.69) is 5.29 Å². The zero-order chi connectivity index (χ0) is 12.0. The molecule has 0 aliphatic carbocycles. The topological polar surface area (TPSA) is 52.9 Å². The Morgan fingerprint density at radius 3 is 2.38 bits per heavy atom. The molecule has 1 N–H and O–H groups in total. The molecule has 0 fully saturated rings. The van der Waals surface area contributed by atoms with Gasteiger partial charge in [-0.25, -0.2) is 0 Å². The van der Waals surface area contributed by atoms with Crippen LogP contribution in [0, 0.1) is 10.8 Å². The fraction of sp³-hybridized carbons (Fsp3) is 0.500. The second-order valence-corrected chi connectivity index (χ2v) is 4.16. The Balaban J connectivity index is 2.71. The Morgan fingerprint density at radius 1 is 1.31 bits per heavy atom. The van der Waals surface area contributed by atoms with Gasteiger partial charge >= 0.3 is 0 Å². The van der Waals surface area contributed by atoms with Gasteiger partial charge in [0.15, 0.2) is 0 Å². The second kappa shape index (κ2) is 6.23. The summed E-state index contributed by atoms with van der Waals surface area (Å²) < 4.78 is 0. The van der Waals surface area contributed by atoms with Crippen LogP contribution >= 0.6 is 0 Å². The van der Waals surface area contributed by atoms with Gasteiger partial charge in [0.1, 0.15) is 0 Å². The maximum Gasteiger partial charge on any atom is 0.0760 e. The smallest absolute Gasteiger partial charge is 0.0760 e. The summed E-state index contributed by atoms with van der Waals surface area (Å²) in [7, 11) is 0. The van der Waals surface area contributed by atoms with Gasteiger partial charge in [-0.05, 0) is 11.5 Å². The SMILES string of the molecule is CC(C)[C@@H](CO)N(Cc1ccccc1)N=O. The first-order valence-corrected chi connectivity index (χ1v) is 5.43. The number of nitrogens with zero attached hydrogens (tertiary/aromatic N) is 2. The highest BCUT2D eigenvalue weighted by atomic mass is 16.3. The van der Waals surface area contributed by atoms with Crippen LogP contribution in [0.4, 0.5) is 0 Å². The fourth-order valence-corrected chi connectivity index (χ4v) is 1.63. The molecule has 88 valence electrons. The first-order valence-electron chi connectivity index (χ1n) is 5.43. The molecule has 0 saturated heterocycles. The van der Waals surface area contributed by atoms with Crippen LogP contribution in [0.3, 0.4) is 0 Å². The van der Waals surface area contributed by atoms with Crippen molar-refractivity contribution in [3.8, 4) is 0 Å². The van der Waals surface area contributed by atoms with Crippen molar-refractivity contribution in [2.75, 3.05) is 6.61 Å². The third-order valence-electron chi connectivity index (χ3n) is 2.63. The lowest BCUT2D eigenvalue weighted by atomic mass is 10.0. The van der Waals surface area contributed by atoms with Crippen LogP contribution in [0.25, 0.3) is 0 Å². The van der Waals surface area contributed by atoms with E-state index in [9.17, 15) is 10.0 Å². The normalized spacial score (nSPS) is 12.5. The molecule has 4 nitrogen and oxygen atoms in total. The van der Waals surface area contributed by atoms with Crippen LogP contribution in [-0.4, -0.2) is 22.8 Å². The molecule has 0 amide bonds. The van der Waals surface area contributed by atoms with Crippen molar-refractivity contribution < 1.29 is 5.11 Å². The van der Waals surface area contributed by atoms with Crippen molar-refractivity contribution in [3.05, 3.63) is 40.8 Å². The van der Waals surface area contributed by atoms with Crippen LogP contribution in [0.5, 0.6) is 0 Å². The van der Waals surface area contributed by atoms with Crippen molar-refractivity contribution in [2.45, 2.75) is 26.4 Å². The van der Waals surface area contributed by atoms with Crippen molar-refractivity contribution in [2.24, 2.45) is 11.2 Å². The molecule has 0 radical (unpaired) electrons. The Morgan fingerprint density at radius 2 is 1.94 bits per heavy atom. The van der Waals surface area contributed by atoms with Crippen LogP contribution in [0.1, 0.15) is 19.4 Å². The molecule has 0 spiro atoms. The van der Waals surface area contributed by atoms with E-state index in [1.165, 1.54) is 5.01 Å². The molecular formula is C12H18N2O2. The number of hydrogen-bond acceptors (Lipinski definition) is 3. The van der Waals surface area contributed by atoms with Gasteiger partial charge < -0.3 is 5.11 Å². The number of aliphatic hydroxyl groups excluding tert-OH is 1. The van der Waals surface area contributed by atoms with Gasteiger partial charge in [-0.1, -0.05) is 44.2 Å². The molecule has 16 heavy (non-hydrogen) atoms. The second-order valence-electron chi connectivity index (χ2n) is 4.16. The zero-order valence-electron chi connectivity index (χ0n) is 9.71. The van der Waals surface area contributed by atoms with Crippen molar-refractivity contribution in [1.29, 1.82) is 0 Å². The molecule has 1 aromatic carbocycles. The third kappa shape index (κ3) is 3.31. The van der Waals surface area contributed by atoms with Crippen LogP contribution < -0.4 is 0 Å². The number of aliphatic hydroxyl groups is 1. The van der Waals surface area contributed by atoms with Gasteiger partial charge in [0.05, 0.1) is 24.5 Å². The van der Waals surface area contributed by atoms with E-state index in [0.717, 1.165) is 5.56 Å². The maximum absolute atomic E-state index is 10.8. The molecule has 1 aromatic rings.